The molecule has 3 heterocycles. The first-order valence-corrected chi connectivity index (χ1v) is 10.6. The van der Waals surface area contributed by atoms with Crippen molar-refractivity contribution in [2.45, 2.75) is 38.3 Å². The van der Waals surface area contributed by atoms with E-state index in [4.69, 9.17) is 23.7 Å². The summed E-state index contributed by atoms with van der Waals surface area (Å²) in [4.78, 5) is 2.48. The number of fused-ring (bicyclic) bond motifs is 2. The van der Waals surface area contributed by atoms with E-state index < -0.39 is 5.72 Å². The zero-order valence-corrected chi connectivity index (χ0v) is 18.1. The van der Waals surface area contributed by atoms with Crippen LogP contribution in [0.4, 0.5) is 0 Å². The van der Waals surface area contributed by atoms with Crippen LogP contribution in [0.2, 0.25) is 0 Å². The second-order valence-corrected chi connectivity index (χ2v) is 8.47. The maximum absolute atomic E-state index is 6.74. The molecule has 0 bridgehead atoms. The van der Waals surface area contributed by atoms with E-state index in [1.807, 2.05) is 18.2 Å². The maximum Gasteiger partial charge on any atom is 0.231 e. The van der Waals surface area contributed by atoms with Gasteiger partial charge in [0.1, 0.15) is 17.2 Å². The van der Waals surface area contributed by atoms with Gasteiger partial charge in [0, 0.05) is 48.2 Å². The van der Waals surface area contributed by atoms with Crippen LogP contribution in [0.25, 0.3) is 0 Å². The van der Waals surface area contributed by atoms with Crippen LogP contribution >= 0.6 is 0 Å². The molecule has 0 N–H and O–H groups in total. The lowest BCUT2D eigenvalue weighted by molar-refractivity contribution is -0.114. The Morgan fingerprint density at radius 1 is 0.933 bits per heavy atom. The Kier molecular flexibility index (Phi) is 4.69. The third-order valence-electron chi connectivity index (χ3n) is 7.01. The summed E-state index contributed by atoms with van der Waals surface area (Å²) in [6.45, 7) is 6.84. The molecular formula is C24H29NO5. The Bertz CT molecular complexity index is 955. The molecule has 1 saturated heterocycles. The van der Waals surface area contributed by atoms with Gasteiger partial charge >= 0.3 is 0 Å². The van der Waals surface area contributed by atoms with Crippen molar-refractivity contribution in [2.75, 3.05) is 34.1 Å². The Morgan fingerprint density at radius 3 is 2.37 bits per heavy atom. The van der Waals surface area contributed by atoms with Crippen molar-refractivity contribution in [1.82, 2.24) is 4.90 Å². The minimum atomic E-state index is -0.424. The first-order valence-electron chi connectivity index (χ1n) is 10.6. The van der Waals surface area contributed by atoms with E-state index >= 15 is 0 Å². The first-order chi connectivity index (χ1) is 14.5. The molecule has 0 aromatic heterocycles. The minimum absolute atomic E-state index is 0.0784. The monoisotopic (exact) mass is 411 g/mol. The highest BCUT2D eigenvalue weighted by Crippen LogP contribution is 2.54. The van der Waals surface area contributed by atoms with Crippen LogP contribution in [-0.4, -0.2) is 44.7 Å². The molecule has 0 aliphatic carbocycles. The lowest BCUT2D eigenvalue weighted by atomic mass is 9.73. The Morgan fingerprint density at radius 2 is 1.67 bits per heavy atom. The Labute approximate surface area is 177 Å². The van der Waals surface area contributed by atoms with Crippen LogP contribution in [0, 0.1) is 5.92 Å². The van der Waals surface area contributed by atoms with Gasteiger partial charge in [-0.15, -0.1) is 0 Å². The predicted molar refractivity (Wildman–Crippen MR) is 113 cm³/mol. The largest absolute Gasteiger partial charge is 0.497 e. The quantitative estimate of drug-likeness (QED) is 0.743. The standard InChI is InChI=1S/C24H29NO5/c1-15-23(17-8-7-16(26-3)11-19(17)27-4)18-12-21-22(29-14-28-21)13-20(18)30-24(15,2)25-9-5-6-10-25/h7-8,11-13,15,23H,5-6,9-10,14H2,1-4H3/t15-,23+,24?/m0/s1. The van der Waals surface area contributed by atoms with Crippen LogP contribution in [0.15, 0.2) is 30.3 Å². The van der Waals surface area contributed by atoms with Crippen LogP contribution in [-0.2, 0) is 0 Å². The SMILES string of the molecule is COc1ccc([C@@H]2c3cc4c(cc3OC(C)(N3CCCC3)[C@H]2C)OCO4)c(OC)c1. The minimum Gasteiger partial charge on any atom is -0.497 e. The van der Waals surface area contributed by atoms with E-state index in [1.54, 1.807) is 14.2 Å². The Hall–Kier alpha value is -2.60. The van der Waals surface area contributed by atoms with Gasteiger partial charge in [0.05, 0.1) is 14.2 Å². The molecule has 3 aliphatic rings. The third kappa shape index (κ3) is 2.88. The van der Waals surface area contributed by atoms with Crippen molar-refractivity contribution in [1.29, 1.82) is 0 Å². The summed E-state index contributed by atoms with van der Waals surface area (Å²) in [6, 6.07) is 10.1. The number of ether oxygens (including phenoxy) is 5. The lowest BCUT2D eigenvalue weighted by Crippen LogP contribution is -2.57. The van der Waals surface area contributed by atoms with Crippen molar-refractivity contribution < 1.29 is 23.7 Å². The highest BCUT2D eigenvalue weighted by molar-refractivity contribution is 5.58. The average Bonchev–Trinajstić information content (AvgIpc) is 3.45. The second-order valence-electron chi connectivity index (χ2n) is 8.47. The summed E-state index contributed by atoms with van der Waals surface area (Å²) in [6.07, 6.45) is 2.41. The molecule has 160 valence electrons. The van der Waals surface area contributed by atoms with Gasteiger partial charge in [-0.3, -0.25) is 4.90 Å². The maximum atomic E-state index is 6.74. The predicted octanol–water partition coefficient (Wildman–Crippen LogP) is 4.40. The molecule has 0 saturated carbocycles. The Balaban J connectivity index is 1.68. The fraction of sp³-hybridized carbons (Fsp3) is 0.500. The van der Waals surface area contributed by atoms with Crippen LogP contribution < -0.4 is 23.7 Å². The molecule has 2 aromatic rings. The van der Waals surface area contributed by atoms with Crippen molar-refractivity contribution >= 4 is 0 Å². The van der Waals surface area contributed by atoms with Crippen molar-refractivity contribution in [3.8, 4) is 28.7 Å². The van der Waals surface area contributed by atoms with E-state index in [9.17, 15) is 0 Å². The first kappa shape index (κ1) is 19.4. The zero-order chi connectivity index (χ0) is 20.9. The molecule has 3 atom stereocenters. The molecule has 1 unspecified atom stereocenters. The summed E-state index contributed by atoms with van der Waals surface area (Å²) < 4.78 is 29.3. The topological polar surface area (TPSA) is 49.4 Å². The van der Waals surface area contributed by atoms with Gasteiger partial charge in [-0.1, -0.05) is 13.0 Å². The molecule has 6 nitrogen and oxygen atoms in total. The molecule has 3 aliphatic heterocycles. The molecule has 30 heavy (non-hydrogen) atoms. The second kappa shape index (κ2) is 7.27. The van der Waals surface area contributed by atoms with Gasteiger partial charge in [0.25, 0.3) is 0 Å². The summed E-state index contributed by atoms with van der Waals surface area (Å²) in [5, 5.41) is 0. The number of hydrogen-bond donors (Lipinski definition) is 0. The molecular weight excluding hydrogens is 382 g/mol. The molecule has 2 aromatic carbocycles. The molecule has 1 fully saturated rings. The molecule has 6 heteroatoms. The van der Waals surface area contributed by atoms with Crippen LogP contribution in [0.3, 0.4) is 0 Å². The summed E-state index contributed by atoms with van der Waals surface area (Å²) in [7, 11) is 3.38. The van der Waals surface area contributed by atoms with E-state index in [-0.39, 0.29) is 18.6 Å². The highest BCUT2D eigenvalue weighted by atomic mass is 16.7. The number of nitrogens with zero attached hydrogens (tertiary/aromatic N) is 1. The number of hydrogen-bond acceptors (Lipinski definition) is 6. The van der Waals surface area contributed by atoms with Gasteiger partial charge in [0.15, 0.2) is 17.2 Å². The molecule has 0 spiro atoms. The number of likely N-dealkylation sites (tertiary alicyclic amines) is 1. The fourth-order valence-corrected chi connectivity index (χ4v) is 5.19. The lowest BCUT2D eigenvalue weighted by Gasteiger charge is -2.50. The normalized spacial score (nSPS) is 27.5. The van der Waals surface area contributed by atoms with E-state index in [1.165, 1.54) is 12.8 Å². The third-order valence-corrected chi connectivity index (χ3v) is 7.01. The number of rotatable bonds is 4. The highest BCUT2D eigenvalue weighted by Gasteiger charge is 2.50. The van der Waals surface area contributed by atoms with Crippen LogP contribution in [0.5, 0.6) is 28.7 Å². The smallest absolute Gasteiger partial charge is 0.231 e. The van der Waals surface area contributed by atoms with Crippen molar-refractivity contribution in [3.63, 3.8) is 0 Å². The summed E-state index contributed by atoms with van der Waals surface area (Å²) >= 11 is 0. The van der Waals surface area contributed by atoms with E-state index in [0.29, 0.717) is 0 Å². The summed E-state index contributed by atoms with van der Waals surface area (Å²) in [5.74, 6) is 4.23. The van der Waals surface area contributed by atoms with Crippen molar-refractivity contribution in [3.05, 3.63) is 41.5 Å². The number of benzene rings is 2. The zero-order valence-electron chi connectivity index (χ0n) is 18.1. The molecule has 5 rings (SSSR count). The molecule has 0 radical (unpaired) electrons. The van der Waals surface area contributed by atoms with Gasteiger partial charge in [-0.25, -0.2) is 0 Å². The van der Waals surface area contributed by atoms with E-state index in [0.717, 1.165) is 53.0 Å². The van der Waals surface area contributed by atoms with Gasteiger partial charge in [-0.05, 0) is 31.9 Å². The molecule has 0 amide bonds. The fourth-order valence-electron chi connectivity index (χ4n) is 5.19. The van der Waals surface area contributed by atoms with Gasteiger partial charge in [-0.2, -0.15) is 0 Å². The van der Waals surface area contributed by atoms with Crippen molar-refractivity contribution in [2.24, 2.45) is 5.92 Å². The van der Waals surface area contributed by atoms with Gasteiger partial charge in [0.2, 0.25) is 6.79 Å². The van der Waals surface area contributed by atoms with Crippen LogP contribution in [0.1, 0.15) is 43.7 Å². The summed E-state index contributed by atoms with van der Waals surface area (Å²) in [5.41, 5.74) is 1.80. The average molecular weight is 411 g/mol. The van der Waals surface area contributed by atoms with Gasteiger partial charge < -0.3 is 23.7 Å². The van der Waals surface area contributed by atoms with E-state index in [2.05, 4.69) is 30.9 Å². The number of methoxy groups -OCH3 is 2.